The van der Waals surface area contributed by atoms with Crippen LogP contribution in [0.25, 0.3) is 0 Å². The van der Waals surface area contributed by atoms with Crippen LogP contribution in [0.2, 0.25) is 0 Å². The number of rotatable bonds is 1. The average molecular weight is 248 g/mol. The maximum Gasteiger partial charge on any atom is 0.239 e. The van der Waals surface area contributed by atoms with Gasteiger partial charge in [-0.2, -0.15) is 5.10 Å². The molecule has 0 fully saturated rings. The molecule has 0 aromatic heterocycles. The van der Waals surface area contributed by atoms with Crippen molar-refractivity contribution >= 4 is 11.6 Å². The Labute approximate surface area is 110 Å². The van der Waals surface area contributed by atoms with Gasteiger partial charge in [0.15, 0.2) is 0 Å². The Morgan fingerprint density at radius 2 is 2.00 bits per heavy atom. The fourth-order valence-electron chi connectivity index (χ4n) is 3.81. The summed E-state index contributed by atoms with van der Waals surface area (Å²) in [6.45, 7) is 10.4. The smallest absolute Gasteiger partial charge is 0.239 e. The molecule has 1 aliphatic heterocycles. The van der Waals surface area contributed by atoms with Crippen LogP contribution in [0.1, 0.15) is 47.5 Å². The molecule has 0 N–H and O–H groups in total. The molecule has 0 aromatic rings. The van der Waals surface area contributed by atoms with Crippen LogP contribution in [0.5, 0.6) is 0 Å². The number of hydrazone groups is 1. The standard InChI is InChI=1S/C15H24N2O/c1-9-6-10(2)15(11(3)7-9)14-8-12(4)16-17(14)13(5)18/h6,10-11,14-15H,7-8H2,1-5H3/t10-,11+,14+,15+/m1/s1. The van der Waals surface area contributed by atoms with Crippen LogP contribution < -0.4 is 0 Å². The van der Waals surface area contributed by atoms with Crippen LogP contribution in [-0.2, 0) is 4.79 Å². The highest BCUT2D eigenvalue weighted by atomic mass is 16.2. The minimum atomic E-state index is 0.0718. The Kier molecular flexibility index (Phi) is 3.60. The maximum absolute atomic E-state index is 11.7. The van der Waals surface area contributed by atoms with Crippen LogP contribution in [0, 0.1) is 17.8 Å². The van der Waals surface area contributed by atoms with Crippen molar-refractivity contribution in [3.63, 3.8) is 0 Å². The minimum absolute atomic E-state index is 0.0718. The van der Waals surface area contributed by atoms with Crippen LogP contribution in [0.3, 0.4) is 0 Å². The molecular weight excluding hydrogens is 224 g/mol. The van der Waals surface area contributed by atoms with E-state index in [1.54, 1.807) is 11.9 Å². The first kappa shape index (κ1) is 13.3. The molecule has 0 saturated heterocycles. The summed E-state index contributed by atoms with van der Waals surface area (Å²) in [6, 6.07) is 0.261. The third-order valence-electron chi connectivity index (χ3n) is 4.32. The zero-order valence-corrected chi connectivity index (χ0v) is 12.1. The lowest BCUT2D eigenvalue weighted by Crippen LogP contribution is -2.43. The van der Waals surface area contributed by atoms with E-state index in [-0.39, 0.29) is 11.9 Å². The lowest BCUT2D eigenvalue weighted by atomic mass is 9.70. The molecule has 1 heterocycles. The van der Waals surface area contributed by atoms with Crippen molar-refractivity contribution in [3.05, 3.63) is 11.6 Å². The Hall–Kier alpha value is -1.12. The molecule has 0 aromatic carbocycles. The number of nitrogens with zero attached hydrogens (tertiary/aromatic N) is 2. The highest BCUT2D eigenvalue weighted by molar-refractivity contribution is 5.87. The van der Waals surface area contributed by atoms with E-state index in [0.29, 0.717) is 17.8 Å². The molecule has 0 radical (unpaired) electrons. The van der Waals surface area contributed by atoms with Crippen molar-refractivity contribution < 1.29 is 4.79 Å². The van der Waals surface area contributed by atoms with Gasteiger partial charge in [-0.1, -0.05) is 25.5 Å². The van der Waals surface area contributed by atoms with Gasteiger partial charge >= 0.3 is 0 Å². The molecule has 0 saturated carbocycles. The topological polar surface area (TPSA) is 32.7 Å². The van der Waals surface area contributed by atoms with Gasteiger partial charge < -0.3 is 0 Å². The van der Waals surface area contributed by atoms with Crippen LogP contribution in [0.15, 0.2) is 16.8 Å². The van der Waals surface area contributed by atoms with Gasteiger partial charge in [0.05, 0.1) is 6.04 Å². The first-order valence-electron chi connectivity index (χ1n) is 6.91. The Balaban J connectivity index is 2.24. The Bertz CT molecular complexity index is 411. The summed E-state index contributed by atoms with van der Waals surface area (Å²) in [7, 11) is 0. The van der Waals surface area contributed by atoms with Crippen molar-refractivity contribution in [2.24, 2.45) is 22.9 Å². The van der Waals surface area contributed by atoms with E-state index in [1.807, 2.05) is 6.92 Å². The van der Waals surface area contributed by atoms with E-state index in [2.05, 4.69) is 31.9 Å². The van der Waals surface area contributed by atoms with Gasteiger partial charge in [-0.25, -0.2) is 5.01 Å². The van der Waals surface area contributed by atoms with Gasteiger partial charge in [0.1, 0.15) is 0 Å². The molecular formula is C15H24N2O. The number of carbonyl (C=O) groups is 1. The summed E-state index contributed by atoms with van der Waals surface area (Å²) in [6.07, 6.45) is 4.46. The number of hydrogen-bond acceptors (Lipinski definition) is 2. The Morgan fingerprint density at radius 1 is 1.33 bits per heavy atom. The highest BCUT2D eigenvalue weighted by Crippen LogP contribution is 2.40. The normalized spacial score (nSPS) is 36.4. The second kappa shape index (κ2) is 4.87. The number of hydrogen-bond donors (Lipinski definition) is 0. The lowest BCUT2D eigenvalue weighted by Gasteiger charge is -2.39. The van der Waals surface area contributed by atoms with Crippen LogP contribution in [-0.4, -0.2) is 22.7 Å². The number of allylic oxidation sites excluding steroid dienone is 2. The SMILES string of the molecule is CC(=O)N1N=C(C)C[C@H]1[C@H]1[C@H](C)C=C(C)C[C@@H]1C. The fourth-order valence-corrected chi connectivity index (χ4v) is 3.81. The van der Waals surface area contributed by atoms with E-state index in [4.69, 9.17) is 0 Å². The van der Waals surface area contributed by atoms with Gasteiger partial charge in [-0.15, -0.1) is 0 Å². The summed E-state index contributed by atoms with van der Waals surface area (Å²) in [5.41, 5.74) is 2.57. The van der Waals surface area contributed by atoms with E-state index in [1.165, 1.54) is 5.57 Å². The van der Waals surface area contributed by atoms with E-state index < -0.39 is 0 Å². The molecule has 0 unspecified atom stereocenters. The molecule has 2 rings (SSSR count). The zero-order valence-electron chi connectivity index (χ0n) is 12.1. The van der Waals surface area contributed by atoms with Crippen molar-refractivity contribution in [2.45, 2.75) is 53.5 Å². The number of carbonyl (C=O) groups excluding carboxylic acids is 1. The van der Waals surface area contributed by atoms with Gasteiger partial charge in [-0.05, 0) is 38.0 Å². The van der Waals surface area contributed by atoms with Crippen molar-refractivity contribution in [2.75, 3.05) is 0 Å². The fraction of sp³-hybridized carbons (Fsp3) is 0.733. The molecule has 0 spiro atoms. The molecule has 4 atom stereocenters. The first-order chi connectivity index (χ1) is 8.40. The number of amides is 1. The summed E-state index contributed by atoms with van der Waals surface area (Å²) in [4.78, 5) is 11.7. The van der Waals surface area contributed by atoms with Crippen molar-refractivity contribution in [1.82, 2.24) is 5.01 Å². The second-order valence-electron chi connectivity index (χ2n) is 6.10. The monoisotopic (exact) mass is 248 g/mol. The van der Waals surface area contributed by atoms with Gasteiger partial charge in [0.25, 0.3) is 0 Å². The maximum atomic E-state index is 11.7. The molecule has 2 aliphatic rings. The predicted molar refractivity (Wildman–Crippen MR) is 74.2 cm³/mol. The Morgan fingerprint density at radius 3 is 2.56 bits per heavy atom. The molecule has 1 aliphatic carbocycles. The van der Waals surface area contributed by atoms with E-state index in [0.717, 1.165) is 18.6 Å². The predicted octanol–water partition coefficient (Wildman–Crippen LogP) is 3.22. The van der Waals surface area contributed by atoms with Gasteiger partial charge in [0.2, 0.25) is 5.91 Å². The molecule has 18 heavy (non-hydrogen) atoms. The average Bonchev–Trinajstić information content (AvgIpc) is 2.58. The molecule has 3 heteroatoms. The largest absolute Gasteiger partial charge is 0.273 e. The van der Waals surface area contributed by atoms with Crippen LogP contribution in [0.4, 0.5) is 0 Å². The van der Waals surface area contributed by atoms with Gasteiger partial charge in [0, 0.05) is 19.1 Å². The van der Waals surface area contributed by atoms with Crippen molar-refractivity contribution in [3.8, 4) is 0 Å². The van der Waals surface area contributed by atoms with Gasteiger partial charge in [-0.3, -0.25) is 4.79 Å². The van der Waals surface area contributed by atoms with Crippen LogP contribution >= 0.6 is 0 Å². The first-order valence-corrected chi connectivity index (χ1v) is 6.91. The summed E-state index contributed by atoms with van der Waals surface area (Å²) < 4.78 is 0. The van der Waals surface area contributed by atoms with Crippen molar-refractivity contribution in [1.29, 1.82) is 0 Å². The third kappa shape index (κ3) is 2.36. The van der Waals surface area contributed by atoms with E-state index >= 15 is 0 Å². The molecule has 1 amide bonds. The highest BCUT2D eigenvalue weighted by Gasteiger charge is 2.40. The molecule has 3 nitrogen and oxygen atoms in total. The molecule has 100 valence electrons. The van der Waals surface area contributed by atoms with E-state index in [9.17, 15) is 4.79 Å². The second-order valence-corrected chi connectivity index (χ2v) is 6.10. The summed E-state index contributed by atoms with van der Waals surface area (Å²) in [5, 5.41) is 6.14. The summed E-state index contributed by atoms with van der Waals surface area (Å²) in [5.74, 6) is 1.75. The lowest BCUT2D eigenvalue weighted by molar-refractivity contribution is -0.132. The summed E-state index contributed by atoms with van der Waals surface area (Å²) >= 11 is 0. The zero-order chi connectivity index (χ0) is 13.4. The quantitative estimate of drug-likeness (QED) is 0.656. The third-order valence-corrected chi connectivity index (χ3v) is 4.32. The minimum Gasteiger partial charge on any atom is -0.273 e. The molecule has 0 bridgehead atoms.